The van der Waals surface area contributed by atoms with Gasteiger partial charge in [0.15, 0.2) is 0 Å². The monoisotopic (exact) mass is 264 g/mol. The Morgan fingerprint density at radius 3 is 2.42 bits per heavy atom. The van der Waals surface area contributed by atoms with E-state index in [4.69, 9.17) is 9.47 Å². The molecule has 0 N–H and O–H groups in total. The summed E-state index contributed by atoms with van der Waals surface area (Å²) in [6.07, 6.45) is 2.20. The molecule has 0 radical (unpaired) electrons. The van der Waals surface area contributed by atoms with Crippen LogP contribution in [-0.4, -0.2) is 24.8 Å². The van der Waals surface area contributed by atoms with E-state index in [0.29, 0.717) is 19.6 Å². The van der Waals surface area contributed by atoms with Crippen molar-refractivity contribution in [2.75, 3.05) is 13.2 Å². The van der Waals surface area contributed by atoms with Gasteiger partial charge in [0, 0.05) is 6.42 Å². The van der Waals surface area contributed by atoms with Crippen LogP contribution in [-0.2, 0) is 20.7 Å². The zero-order valence-corrected chi connectivity index (χ0v) is 12.1. The van der Waals surface area contributed by atoms with Crippen LogP contribution in [0.15, 0.2) is 30.3 Å². The van der Waals surface area contributed by atoms with Crippen LogP contribution >= 0.6 is 0 Å². The lowest BCUT2D eigenvalue weighted by molar-refractivity contribution is -0.146. The molecule has 0 bridgehead atoms. The third-order valence-electron chi connectivity index (χ3n) is 2.57. The molecule has 0 aliphatic carbocycles. The summed E-state index contributed by atoms with van der Waals surface area (Å²) in [6, 6.07) is 10.2. The van der Waals surface area contributed by atoms with E-state index in [0.717, 1.165) is 12.8 Å². The Balaban J connectivity index is 2.05. The first-order valence-electron chi connectivity index (χ1n) is 6.81. The molecule has 0 unspecified atom stereocenters. The number of aryl methyl sites for hydroxylation is 1. The Labute approximate surface area is 115 Å². The van der Waals surface area contributed by atoms with Crippen molar-refractivity contribution in [3.8, 4) is 0 Å². The molecule has 0 amide bonds. The average Bonchev–Trinajstić information content (AvgIpc) is 2.35. The SMILES string of the molecule is CC(C)(C)OCCOC(=O)CCCc1ccccc1. The standard InChI is InChI=1S/C16H24O3/c1-16(2,3)19-13-12-18-15(17)11-7-10-14-8-5-4-6-9-14/h4-6,8-9H,7,10-13H2,1-3H3. The van der Waals surface area contributed by atoms with Crippen LogP contribution < -0.4 is 0 Å². The van der Waals surface area contributed by atoms with Crippen molar-refractivity contribution < 1.29 is 14.3 Å². The molecule has 0 aliphatic heterocycles. The lowest BCUT2D eigenvalue weighted by atomic mass is 10.1. The van der Waals surface area contributed by atoms with Crippen molar-refractivity contribution in [2.24, 2.45) is 0 Å². The molecule has 0 aromatic heterocycles. The Bertz CT molecular complexity index is 365. The molecule has 0 saturated heterocycles. The van der Waals surface area contributed by atoms with Gasteiger partial charge in [-0.2, -0.15) is 0 Å². The highest BCUT2D eigenvalue weighted by atomic mass is 16.6. The number of benzene rings is 1. The maximum Gasteiger partial charge on any atom is 0.305 e. The molecule has 0 heterocycles. The van der Waals surface area contributed by atoms with Crippen molar-refractivity contribution in [1.29, 1.82) is 0 Å². The first-order valence-corrected chi connectivity index (χ1v) is 6.81. The minimum atomic E-state index is -0.181. The number of rotatable bonds is 7. The van der Waals surface area contributed by atoms with E-state index in [1.807, 2.05) is 39.0 Å². The number of carbonyl (C=O) groups excluding carboxylic acids is 1. The predicted molar refractivity (Wildman–Crippen MR) is 76.0 cm³/mol. The Morgan fingerprint density at radius 2 is 1.79 bits per heavy atom. The number of ether oxygens (including phenoxy) is 2. The van der Waals surface area contributed by atoms with Gasteiger partial charge in [-0.1, -0.05) is 30.3 Å². The fraction of sp³-hybridized carbons (Fsp3) is 0.562. The van der Waals surface area contributed by atoms with Crippen molar-refractivity contribution in [1.82, 2.24) is 0 Å². The molecule has 106 valence electrons. The lowest BCUT2D eigenvalue weighted by Crippen LogP contribution is -2.22. The topological polar surface area (TPSA) is 35.5 Å². The van der Waals surface area contributed by atoms with Crippen molar-refractivity contribution in [3.63, 3.8) is 0 Å². The average molecular weight is 264 g/mol. The summed E-state index contributed by atoms with van der Waals surface area (Å²) in [5.41, 5.74) is 1.08. The Kier molecular flexibility index (Phi) is 6.57. The molecule has 0 spiro atoms. The van der Waals surface area contributed by atoms with Gasteiger partial charge >= 0.3 is 5.97 Å². The third kappa shape index (κ3) is 8.38. The summed E-state index contributed by atoms with van der Waals surface area (Å²) in [5.74, 6) is -0.145. The molecule has 3 nitrogen and oxygen atoms in total. The summed E-state index contributed by atoms with van der Waals surface area (Å²) < 4.78 is 10.6. The highest BCUT2D eigenvalue weighted by molar-refractivity contribution is 5.69. The molecule has 3 heteroatoms. The van der Waals surface area contributed by atoms with Crippen molar-refractivity contribution in [3.05, 3.63) is 35.9 Å². The minimum absolute atomic E-state index is 0.145. The highest BCUT2D eigenvalue weighted by Crippen LogP contribution is 2.07. The van der Waals surface area contributed by atoms with E-state index in [1.54, 1.807) is 0 Å². The zero-order chi connectivity index (χ0) is 14.1. The largest absolute Gasteiger partial charge is 0.463 e. The van der Waals surface area contributed by atoms with E-state index in [-0.39, 0.29) is 11.6 Å². The molecule has 1 aromatic carbocycles. The summed E-state index contributed by atoms with van der Waals surface area (Å²) in [4.78, 5) is 11.5. The Morgan fingerprint density at radius 1 is 1.11 bits per heavy atom. The van der Waals surface area contributed by atoms with Crippen LogP contribution in [0.4, 0.5) is 0 Å². The van der Waals surface area contributed by atoms with Gasteiger partial charge in [0.05, 0.1) is 12.2 Å². The fourth-order valence-electron chi connectivity index (χ4n) is 1.66. The van der Waals surface area contributed by atoms with Crippen LogP contribution in [0.1, 0.15) is 39.2 Å². The van der Waals surface area contributed by atoms with Crippen molar-refractivity contribution in [2.45, 2.75) is 45.6 Å². The number of carbonyl (C=O) groups is 1. The van der Waals surface area contributed by atoms with Gasteiger partial charge in [-0.3, -0.25) is 4.79 Å². The van der Waals surface area contributed by atoms with Gasteiger partial charge in [0.2, 0.25) is 0 Å². The van der Waals surface area contributed by atoms with Gasteiger partial charge < -0.3 is 9.47 Å². The molecule has 1 rings (SSSR count). The maximum atomic E-state index is 11.5. The molecular formula is C16H24O3. The minimum Gasteiger partial charge on any atom is -0.463 e. The highest BCUT2D eigenvalue weighted by Gasteiger charge is 2.10. The summed E-state index contributed by atoms with van der Waals surface area (Å²) in [6.45, 7) is 6.73. The van der Waals surface area contributed by atoms with Gasteiger partial charge in [-0.05, 0) is 39.2 Å². The number of esters is 1. The second-order valence-corrected chi connectivity index (χ2v) is 5.52. The number of hydrogen-bond donors (Lipinski definition) is 0. The molecule has 0 atom stereocenters. The summed E-state index contributed by atoms with van der Waals surface area (Å²) in [5, 5.41) is 0. The first kappa shape index (κ1) is 15.7. The second kappa shape index (κ2) is 7.95. The van der Waals surface area contributed by atoms with E-state index < -0.39 is 0 Å². The zero-order valence-electron chi connectivity index (χ0n) is 12.1. The van der Waals surface area contributed by atoms with Crippen LogP contribution in [0.3, 0.4) is 0 Å². The van der Waals surface area contributed by atoms with Crippen molar-refractivity contribution >= 4 is 5.97 Å². The van der Waals surface area contributed by atoms with Gasteiger partial charge in [0.1, 0.15) is 6.61 Å². The van der Waals surface area contributed by atoms with E-state index in [1.165, 1.54) is 5.56 Å². The van der Waals surface area contributed by atoms with E-state index in [9.17, 15) is 4.79 Å². The molecule has 1 aromatic rings. The third-order valence-corrected chi connectivity index (χ3v) is 2.57. The molecule has 0 aliphatic rings. The second-order valence-electron chi connectivity index (χ2n) is 5.52. The summed E-state index contributed by atoms with van der Waals surface area (Å²) >= 11 is 0. The number of hydrogen-bond acceptors (Lipinski definition) is 3. The first-order chi connectivity index (χ1) is 8.97. The van der Waals surface area contributed by atoms with Crippen LogP contribution in [0.25, 0.3) is 0 Å². The van der Waals surface area contributed by atoms with Crippen LogP contribution in [0.5, 0.6) is 0 Å². The fourth-order valence-corrected chi connectivity index (χ4v) is 1.66. The van der Waals surface area contributed by atoms with Gasteiger partial charge in [-0.25, -0.2) is 0 Å². The van der Waals surface area contributed by atoms with E-state index >= 15 is 0 Å². The predicted octanol–water partition coefficient (Wildman–Crippen LogP) is 3.37. The van der Waals surface area contributed by atoms with Crippen LogP contribution in [0.2, 0.25) is 0 Å². The van der Waals surface area contributed by atoms with E-state index in [2.05, 4.69) is 12.1 Å². The van der Waals surface area contributed by atoms with Gasteiger partial charge in [-0.15, -0.1) is 0 Å². The summed E-state index contributed by atoms with van der Waals surface area (Å²) in [7, 11) is 0. The van der Waals surface area contributed by atoms with Gasteiger partial charge in [0.25, 0.3) is 0 Å². The van der Waals surface area contributed by atoms with Crippen LogP contribution in [0, 0.1) is 0 Å². The normalized spacial score (nSPS) is 11.3. The Hall–Kier alpha value is -1.35. The molecule has 0 saturated carbocycles. The smallest absolute Gasteiger partial charge is 0.305 e. The molecular weight excluding hydrogens is 240 g/mol. The quantitative estimate of drug-likeness (QED) is 0.559. The maximum absolute atomic E-state index is 11.5. The molecule has 19 heavy (non-hydrogen) atoms. The lowest BCUT2D eigenvalue weighted by Gasteiger charge is -2.19. The molecule has 0 fully saturated rings.